The normalized spacial score (nSPS) is 26.3. The molecule has 0 aliphatic carbocycles. The van der Waals surface area contributed by atoms with Crippen molar-refractivity contribution in [2.24, 2.45) is 0 Å². The van der Waals surface area contributed by atoms with Crippen LogP contribution < -0.4 is 0 Å². The van der Waals surface area contributed by atoms with Gasteiger partial charge in [0.15, 0.2) is 0 Å². The van der Waals surface area contributed by atoms with Gasteiger partial charge in [-0.15, -0.1) is 10.2 Å². The lowest BCUT2D eigenvalue weighted by Gasteiger charge is -2.39. The van der Waals surface area contributed by atoms with Gasteiger partial charge in [-0.2, -0.15) is 0 Å². The van der Waals surface area contributed by atoms with Crippen LogP contribution in [0.25, 0.3) is 5.78 Å². The summed E-state index contributed by atoms with van der Waals surface area (Å²) in [7, 11) is 0. The van der Waals surface area contributed by atoms with Crippen LogP contribution in [-0.4, -0.2) is 65.4 Å². The first-order valence-electron chi connectivity index (χ1n) is 6.76. The standard InChI is InChI=1S/C13H17N5O3/c1-8-3-5-18-10(15-16-12(18)14-8)11(20)17-6-4-13(2,21)9(19)7-17/h3,5,9,19,21H,4,6-7H2,1-2H3/t9-,13+/m0/s1. The number of hydrogen-bond acceptors (Lipinski definition) is 6. The fourth-order valence-electron chi connectivity index (χ4n) is 2.37. The lowest BCUT2D eigenvalue weighted by Crippen LogP contribution is -2.55. The molecule has 1 saturated heterocycles. The molecule has 0 saturated carbocycles. The highest BCUT2D eigenvalue weighted by atomic mass is 16.3. The quantitative estimate of drug-likeness (QED) is 0.726. The van der Waals surface area contributed by atoms with E-state index >= 15 is 0 Å². The summed E-state index contributed by atoms with van der Waals surface area (Å²) in [5, 5.41) is 27.6. The molecule has 1 aliphatic rings. The van der Waals surface area contributed by atoms with Gasteiger partial charge in [-0.1, -0.05) is 0 Å². The molecule has 2 N–H and O–H groups in total. The molecule has 2 atom stereocenters. The van der Waals surface area contributed by atoms with Crippen molar-refractivity contribution < 1.29 is 15.0 Å². The van der Waals surface area contributed by atoms with Crippen LogP contribution in [0, 0.1) is 6.92 Å². The van der Waals surface area contributed by atoms with E-state index in [1.165, 1.54) is 9.30 Å². The zero-order valence-corrected chi connectivity index (χ0v) is 11.9. The van der Waals surface area contributed by atoms with Crippen molar-refractivity contribution in [1.82, 2.24) is 24.5 Å². The van der Waals surface area contributed by atoms with E-state index in [-0.39, 0.29) is 18.3 Å². The van der Waals surface area contributed by atoms with Gasteiger partial charge < -0.3 is 15.1 Å². The number of β-amino-alcohol motifs (C(OH)–C–C–N with tert-alkyl or cyclic N) is 1. The van der Waals surface area contributed by atoms with E-state index in [9.17, 15) is 15.0 Å². The number of aliphatic hydroxyl groups is 2. The van der Waals surface area contributed by atoms with Crippen LogP contribution in [0.4, 0.5) is 0 Å². The number of fused-ring (bicyclic) bond motifs is 1. The SMILES string of the molecule is Cc1ccn2c(C(=O)N3CC[C@@](C)(O)[C@@H](O)C3)nnc2n1. The molecule has 3 rings (SSSR count). The minimum atomic E-state index is -1.16. The summed E-state index contributed by atoms with van der Waals surface area (Å²) in [6.07, 6.45) is 1.03. The van der Waals surface area contributed by atoms with Gasteiger partial charge in [0.2, 0.25) is 5.82 Å². The number of carbonyl (C=O) groups is 1. The van der Waals surface area contributed by atoms with Crippen LogP contribution >= 0.6 is 0 Å². The van der Waals surface area contributed by atoms with Crippen LogP contribution in [0.2, 0.25) is 0 Å². The maximum atomic E-state index is 12.5. The summed E-state index contributed by atoms with van der Waals surface area (Å²) in [4.78, 5) is 18.2. The summed E-state index contributed by atoms with van der Waals surface area (Å²) in [5.41, 5.74) is -0.374. The number of aryl methyl sites for hydroxylation is 1. The van der Waals surface area contributed by atoms with Crippen LogP contribution in [-0.2, 0) is 0 Å². The average Bonchev–Trinajstić information content (AvgIpc) is 2.84. The predicted octanol–water partition coefficient (Wildman–Crippen LogP) is -0.609. The molecule has 1 amide bonds. The lowest BCUT2D eigenvalue weighted by atomic mass is 9.91. The van der Waals surface area contributed by atoms with E-state index < -0.39 is 11.7 Å². The molecule has 2 aromatic rings. The number of nitrogens with zero attached hydrogens (tertiary/aromatic N) is 5. The van der Waals surface area contributed by atoms with Crippen molar-refractivity contribution in [3.63, 3.8) is 0 Å². The Morgan fingerprint density at radius 1 is 1.48 bits per heavy atom. The fourth-order valence-corrected chi connectivity index (χ4v) is 2.37. The highest BCUT2D eigenvalue weighted by Gasteiger charge is 2.38. The van der Waals surface area contributed by atoms with Gasteiger partial charge in [0.25, 0.3) is 11.7 Å². The summed E-state index contributed by atoms with van der Waals surface area (Å²) in [6.45, 7) is 3.83. The van der Waals surface area contributed by atoms with Crippen LogP contribution in [0.3, 0.4) is 0 Å². The number of piperidine rings is 1. The maximum absolute atomic E-state index is 12.5. The van der Waals surface area contributed by atoms with E-state index in [1.54, 1.807) is 19.2 Å². The molecule has 1 aliphatic heterocycles. The highest BCUT2D eigenvalue weighted by molar-refractivity contribution is 5.91. The molecule has 1 fully saturated rings. The van der Waals surface area contributed by atoms with E-state index in [4.69, 9.17) is 0 Å². The summed E-state index contributed by atoms with van der Waals surface area (Å²) in [6, 6.07) is 1.77. The van der Waals surface area contributed by atoms with Gasteiger partial charge in [-0.3, -0.25) is 9.20 Å². The second-order valence-electron chi connectivity index (χ2n) is 5.64. The average molecular weight is 291 g/mol. The van der Waals surface area contributed by atoms with Gasteiger partial charge in [-0.25, -0.2) is 4.98 Å². The molecule has 2 aromatic heterocycles. The molecular formula is C13H17N5O3. The lowest BCUT2D eigenvalue weighted by molar-refractivity contribution is -0.100. The van der Waals surface area contributed by atoms with Crippen molar-refractivity contribution in [1.29, 1.82) is 0 Å². The van der Waals surface area contributed by atoms with Gasteiger partial charge in [-0.05, 0) is 26.3 Å². The Hall–Kier alpha value is -2.06. The van der Waals surface area contributed by atoms with Crippen molar-refractivity contribution in [3.05, 3.63) is 23.8 Å². The Labute approximate surface area is 121 Å². The third kappa shape index (κ3) is 2.36. The minimum Gasteiger partial charge on any atom is -0.388 e. The zero-order valence-electron chi connectivity index (χ0n) is 11.9. The number of carbonyl (C=O) groups excluding carboxylic acids is 1. The number of likely N-dealkylation sites (tertiary alicyclic amines) is 1. The number of amides is 1. The predicted molar refractivity (Wildman–Crippen MR) is 72.7 cm³/mol. The first-order chi connectivity index (χ1) is 9.88. The van der Waals surface area contributed by atoms with Crippen molar-refractivity contribution in [2.45, 2.75) is 32.0 Å². The second kappa shape index (κ2) is 4.74. The summed E-state index contributed by atoms with van der Waals surface area (Å²) >= 11 is 0. The van der Waals surface area contributed by atoms with E-state index in [1.807, 2.05) is 6.92 Å². The number of rotatable bonds is 1. The minimum absolute atomic E-state index is 0.0695. The zero-order chi connectivity index (χ0) is 15.2. The molecule has 0 spiro atoms. The first kappa shape index (κ1) is 13.9. The number of aliphatic hydroxyl groups excluding tert-OH is 1. The molecule has 0 bridgehead atoms. The Morgan fingerprint density at radius 3 is 2.95 bits per heavy atom. The molecule has 0 unspecified atom stereocenters. The molecule has 3 heterocycles. The monoisotopic (exact) mass is 291 g/mol. The van der Waals surface area contributed by atoms with Crippen molar-refractivity contribution in [3.8, 4) is 0 Å². The Bertz CT molecular complexity index is 696. The largest absolute Gasteiger partial charge is 0.388 e. The van der Waals surface area contributed by atoms with Gasteiger partial charge in [0, 0.05) is 25.0 Å². The molecule has 0 aromatic carbocycles. The number of hydrogen-bond donors (Lipinski definition) is 2. The van der Waals surface area contributed by atoms with Crippen LogP contribution in [0.1, 0.15) is 29.7 Å². The summed E-state index contributed by atoms with van der Waals surface area (Å²) < 4.78 is 1.52. The third-order valence-electron chi connectivity index (χ3n) is 3.90. The van der Waals surface area contributed by atoms with Crippen molar-refractivity contribution >= 4 is 11.7 Å². The molecule has 112 valence electrons. The van der Waals surface area contributed by atoms with Gasteiger partial charge >= 0.3 is 0 Å². The smallest absolute Gasteiger partial charge is 0.292 e. The molecule has 0 radical (unpaired) electrons. The fraction of sp³-hybridized carbons (Fsp3) is 0.538. The summed E-state index contributed by atoms with van der Waals surface area (Å²) in [5.74, 6) is 0.192. The van der Waals surface area contributed by atoms with E-state index in [2.05, 4.69) is 15.2 Å². The second-order valence-corrected chi connectivity index (χ2v) is 5.64. The molecule has 8 heteroatoms. The topological polar surface area (TPSA) is 104 Å². The van der Waals surface area contributed by atoms with E-state index in [0.29, 0.717) is 18.7 Å². The third-order valence-corrected chi connectivity index (χ3v) is 3.90. The van der Waals surface area contributed by atoms with Gasteiger partial charge in [0.05, 0.1) is 11.7 Å². The Morgan fingerprint density at radius 2 is 2.24 bits per heavy atom. The molecule has 21 heavy (non-hydrogen) atoms. The van der Waals surface area contributed by atoms with Crippen LogP contribution in [0.15, 0.2) is 12.3 Å². The maximum Gasteiger partial charge on any atom is 0.292 e. The van der Waals surface area contributed by atoms with Crippen molar-refractivity contribution in [2.75, 3.05) is 13.1 Å². The molecule has 8 nitrogen and oxygen atoms in total. The number of aromatic nitrogens is 4. The van der Waals surface area contributed by atoms with Crippen LogP contribution in [0.5, 0.6) is 0 Å². The first-order valence-corrected chi connectivity index (χ1v) is 6.76. The van der Waals surface area contributed by atoms with Gasteiger partial charge in [0.1, 0.15) is 0 Å². The molecular weight excluding hydrogens is 274 g/mol. The van der Waals surface area contributed by atoms with E-state index in [0.717, 1.165) is 5.69 Å². The Balaban J connectivity index is 1.88. The highest BCUT2D eigenvalue weighted by Crippen LogP contribution is 2.22. The Kier molecular flexibility index (Phi) is 3.14.